The van der Waals surface area contributed by atoms with Crippen molar-refractivity contribution in [1.29, 1.82) is 5.26 Å². The Labute approximate surface area is 165 Å². The molecule has 2 amide bonds. The van der Waals surface area contributed by atoms with E-state index in [-0.39, 0.29) is 6.03 Å². The molecule has 0 atom stereocenters. The molecular weight excluding hydrogens is 354 g/mol. The van der Waals surface area contributed by atoms with Crippen molar-refractivity contribution in [3.63, 3.8) is 0 Å². The van der Waals surface area contributed by atoms with Gasteiger partial charge in [0.15, 0.2) is 0 Å². The topological polar surface area (TPSA) is 81.5 Å². The van der Waals surface area contributed by atoms with E-state index in [0.29, 0.717) is 44.2 Å². The average molecular weight is 379 g/mol. The van der Waals surface area contributed by atoms with Crippen LogP contribution in [0.3, 0.4) is 0 Å². The van der Waals surface area contributed by atoms with Crippen LogP contribution in [0.1, 0.15) is 17.5 Å². The van der Waals surface area contributed by atoms with Gasteiger partial charge in [-0.1, -0.05) is 18.2 Å². The standard InChI is InChI=1S/C21H25N5O2/c1-17-6-2-3-8-19(17)28-15-10-24-21(27)26-12-5-11-25(13-14-26)20-18(16-22)7-4-9-23-20/h2-4,6-9H,5,10-15H2,1H3,(H,24,27). The summed E-state index contributed by atoms with van der Waals surface area (Å²) in [5, 5.41) is 12.2. The van der Waals surface area contributed by atoms with E-state index in [0.717, 1.165) is 24.3 Å². The van der Waals surface area contributed by atoms with Gasteiger partial charge in [0.05, 0.1) is 12.1 Å². The molecule has 1 N–H and O–H groups in total. The number of hydrogen-bond donors (Lipinski definition) is 1. The van der Waals surface area contributed by atoms with Gasteiger partial charge in [-0.3, -0.25) is 0 Å². The highest BCUT2D eigenvalue weighted by atomic mass is 16.5. The first-order chi connectivity index (χ1) is 13.7. The van der Waals surface area contributed by atoms with E-state index in [4.69, 9.17) is 4.74 Å². The summed E-state index contributed by atoms with van der Waals surface area (Å²) in [6.45, 7) is 5.56. The highest BCUT2D eigenvalue weighted by Gasteiger charge is 2.21. The summed E-state index contributed by atoms with van der Waals surface area (Å²) < 4.78 is 5.72. The maximum atomic E-state index is 12.5. The van der Waals surface area contributed by atoms with Crippen LogP contribution in [0.5, 0.6) is 5.75 Å². The molecule has 7 nitrogen and oxygen atoms in total. The SMILES string of the molecule is Cc1ccccc1OCCNC(=O)N1CCCN(c2ncccc2C#N)CC1. The van der Waals surface area contributed by atoms with E-state index in [1.165, 1.54) is 0 Å². The Morgan fingerprint density at radius 2 is 2.07 bits per heavy atom. The molecule has 1 aliphatic rings. The van der Waals surface area contributed by atoms with Crippen LogP contribution >= 0.6 is 0 Å². The number of aryl methyl sites for hydroxylation is 1. The number of nitrogens with one attached hydrogen (secondary N) is 1. The number of nitrogens with zero attached hydrogens (tertiary/aromatic N) is 4. The lowest BCUT2D eigenvalue weighted by Gasteiger charge is -2.23. The Hall–Kier alpha value is -3.27. The van der Waals surface area contributed by atoms with Crippen molar-refractivity contribution < 1.29 is 9.53 Å². The Morgan fingerprint density at radius 1 is 1.21 bits per heavy atom. The number of urea groups is 1. The lowest BCUT2D eigenvalue weighted by molar-refractivity contribution is 0.198. The molecule has 2 aromatic rings. The normalized spacial score (nSPS) is 14.1. The molecule has 1 aromatic heterocycles. The van der Waals surface area contributed by atoms with Crippen molar-refractivity contribution in [3.8, 4) is 11.8 Å². The monoisotopic (exact) mass is 379 g/mol. The number of ether oxygens (including phenoxy) is 1. The van der Waals surface area contributed by atoms with Gasteiger partial charge >= 0.3 is 6.03 Å². The third-order valence-electron chi connectivity index (χ3n) is 4.72. The van der Waals surface area contributed by atoms with Crippen LogP contribution in [0.2, 0.25) is 0 Å². The number of amides is 2. The van der Waals surface area contributed by atoms with Gasteiger partial charge in [-0.2, -0.15) is 5.26 Å². The minimum absolute atomic E-state index is 0.0863. The summed E-state index contributed by atoms with van der Waals surface area (Å²) >= 11 is 0. The number of carbonyl (C=O) groups is 1. The van der Waals surface area contributed by atoms with Gasteiger partial charge in [0.25, 0.3) is 0 Å². The molecule has 0 saturated carbocycles. The molecule has 7 heteroatoms. The Kier molecular flexibility index (Phi) is 6.68. The number of carbonyl (C=O) groups excluding carboxylic acids is 1. The fourth-order valence-electron chi connectivity index (χ4n) is 3.22. The first-order valence-electron chi connectivity index (χ1n) is 9.50. The number of aromatic nitrogens is 1. The van der Waals surface area contributed by atoms with Gasteiger partial charge in [-0.05, 0) is 37.1 Å². The van der Waals surface area contributed by atoms with Crippen molar-refractivity contribution >= 4 is 11.8 Å². The number of para-hydroxylation sites is 1. The van der Waals surface area contributed by atoms with Gasteiger partial charge < -0.3 is 19.9 Å². The molecule has 3 rings (SSSR count). The highest BCUT2D eigenvalue weighted by molar-refractivity contribution is 5.74. The number of nitriles is 1. The third-order valence-corrected chi connectivity index (χ3v) is 4.72. The molecule has 0 unspecified atom stereocenters. The van der Waals surface area contributed by atoms with Crippen LogP contribution in [0.4, 0.5) is 10.6 Å². The fraction of sp³-hybridized carbons (Fsp3) is 0.381. The first kappa shape index (κ1) is 19.5. The minimum atomic E-state index is -0.0863. The summed E-state index contributed by atoms with van der Waals surface area (Å²) in [5.41, 5.74) is 1.64. The molecule has 0 spiro atoms. The predicted molar refractivity (Wildman–Crippen MR) is 107 cm³/mol. The van der Waals surface area contributed by atoms with Crippen LogP contribution in [-0.4, -0.2) is 55.2 Å². The maximum Gasteiger partial charge on any atom is 0.317 e. The second kappa shape index (κ2) is 9.60. The molecule has 1 saturated heterocycles. The largest absolute Gasteiger partial charge is 0.491 e. The first-order valence-corrected chi connectivity index (χ1v) is 9.50. The number of pyridine rings is 1. The second-order valence-corrected chi connectivity index (χ2v) is 6.66. The van der Waals surface area contributed by atoms with Gasteiger partial charge in [0.2, 0.25) is 0 Å². The Balaban J connectivity index is 1.46. The van der Waals surface area contributed by atoms with Crippen molar-refractivity contribution in [2.75, 3.05) is 44.2 Å². The van der Waals surface area contributed by atoms with E-state index < -0.39 is 0 Å². The molecule has 0 bridgehead atoms. The van der Waals surface area contributed by atoms with Gasteiger partial charge in [0, 0.05) is 32.4 Å². The molecule has 1 aromatic carbocycles. The third kappa shape index (κ3) is 4.92. The quantitative estimate of drug-likeness (QED) is 0.808. The Bertz CT molecular complexity index is 849. The van der Waals surface area contributed by atoms with Crippen molar-refractivity contribution in [3.05, 3.63) is 53.7 Å². The number of rotatable bonds is 5. The highest BCUT2D eigenvalue weighted by Crippen LogP contribution is 2.18. The van der Waals surface area contributed by atoms with E-state index >= 15 is 0 Å². The summed E-state index contributed by atoms with van der Waals surface area (Å²) in [6.07, 6.45) is 2.52. The van der Waals surface area contributed by atoms with E-state index in [9.17, 15) is 10.1 Å². The smallest absolute Gasteiger partial charge is 0.317 e. The summed E-state index contributed by atoms with van der Waals surface area (Å²) in [7, 11) is 0. The van der Waals surface area contributed by atoms with Crippen LogP contribution in [-0.2, 0) is 0 Å². The molecule has 0 radical (unpaired) electrons. The summed E-state index contributed by atoms with van der Waals surface area (Å²) in [4.78, 5) is 20.7. The summed E-state index contributed by atoms with van der Waals surface area (Å²) in [5.74, 6) is 1.53. The van der Waals surface area contributed by atoms with Crippen LogP contribution in [0.15, 0.2) is 42.6 Å². The predicted octanol–water partition coefficient (Wildman–Crippen LogP) is 2.56. The number of anilines is 1. The molecule has 0 aliphatic carbocycles. The lowest BCUT2D eigenvalue weighted by Crippen LogP contribution is -2.43. The Morgan fingerprint density at radius 3 is 2.89 bits per heavy atom. The second-order valence-electron chi connectivity index (χ2n) is 6.66. The minimum Gasteiger partial charge on any atom is -0.491 e. The van der Waals surface area contributed by atoms with E-state index in [1.54, 1.807) is 18.3 Å². The average Bonchev–Trinajstić information content (AvgIpc) is 2.98. The molecule has 2 heterocycles. The van der Waals surface area contributed by atoms with Crippen molar-refractivity contribution in [1.82, 2.24) is 15.2 Å². The van der Waals surface area contributed by atoms with Crippen LogP contribution in [0, 0.1) is 18.3 Å². The van der Waals surface area contributed by atoms with Gasteiger partial charge in [-0.15, -0.1) is 0 Å². The fourth-order valence-corrected chi connectivity index (χ4v) is 3.22. The molecule has 1 aliphatic heterocycles. The molecule has 1 fully saturated rings. The van der Waals surface area contributed by atoms with Crippen molar-refractivity contribution in [2.45, 2.75) is 13.3 Å². The molecular formula is C21H25N5O2. The van der Waals surface area contributed by atoms with E-state index in [1.807, 2.05) is 36.1 Å². The zero-order valence-corrected chi connectivity index (χ0v) is 16.1. The number of hydrogen-bond acceptors (Lipinski definition) is 5. The van der Waals surface area contributed by atoms with Crippen LogP contribution in [0.25, 0.3) is 0 Å². The molecule has 28 heavy (non-hydrogen) atoms. The van der Waals surface area contributed by atoms with Gasteiger partial charge in [0.1, 0.15) is 24.2 Å². The maximum absolute atomic E-state index is 12.5. The molecule has 146 valence electrons. The number of benzene rings is 1. The zero-order chi connectivity index (χ0) is 19.8. The van der Waals surface area contributed by atoms with Crippen LogP contribution < -0.4 is 15.0 Å². The van der Waals surface area contributed by atoms with Gasteiger partial charge in [-0.25, -0.2) is 9.78 Å². The summed E-state index contributed by atoms with van der Waals surface area (Å²) in [6, 6.07) is 13.5. The lowest BCUT2D eigenvalue weighted by atomic mass is 10.2. The zero-order valence-electron chi connectivity index (χ0n) is 16.1. The van der Waals surface area contributed by atoms with Crippen molar-refractivity contribution in [2.24, 2.45) is 0 Å². The van der Waals surface area contributed by atoms with E-state index in [2.05, 4.69) is 21.3 Å².